The van der Waals surface area contributed by atoms with Gasteiger partial charge in [0.2, 0.25) is 0 Å². The van der Waals surface area contributed by atoms with Crippen LogP contribution in [0.25, 0.3) is 0 Å². The van der Waals surface area contributed by atoms with Crippen LogP contribution in [0.5, 0.6) is 0 Å². The highest BCUT2D eigenvalue weighted by Gasteiger charge is 2.18. The average molecular weight is 146 g/mol. The maximum atomic E-state index is 10.0. The molecule has 1 N–H and O–H groups in total. The minimum absolute atomic E-state index is 0.583. The minimum Gasteiger partial charge on any atom is -0.481 e. The van der Waals surface area contributed by atoms with Crippen molar-refractivity contribution in [3.63, 3.8) is 0 Å². The molecule has 10 heavy (non-hydrogen) atoms. The standard InChI is InChI=1S/C5H10O2.C2H4O/c1-5(2,3)4(6)7;1-2-3-1/h1-3H3,(H,6,7);1-2H2. The van der Waals surface area contributed by atoms with E-state index in [1.807, 2.05) is 0 Å². The van der Waals surface area contributed by atoms with Crippen molar-refractivity contribution in [2.75, 3.05) is 13.2 Å². The SMILES string of the molecule is C1CO1.CC(C)(C)C(=O)O. The van der Waals surface area contributed by atoms with Crippen molar-refractivity contribution >= 4 is 5.97 Å². The molecule has 1 aliphatic heterocycles. The van der Waals surface area contributed by atoms with Crippen LogP contribution in [0.3, 0.4) is 0 Å². The van der Waals surface area contributed by atoms with Crippen LogP contribution in [0.2, 0.25) is 0 Å². The minimum atomic E-state index is -0.757. The third-order valence-corrected chi connectivity index (χ3v) is 0.846. The Morgan fingerprint density at radius 2 is 1.60 bits per heavy atom. The predicted octanol–water partition coefficient (Wildman–Crippen LogP) is 1.13. The second-order valence-electron chi connectivity index (χ2n) is 3.17. The molecule has 0 aliphatic carbocycles. The lowest BCUT2D eigenvalue weighted by molar-refractivity contribution is -0.145. The molecule has 0 aromatic heterocycles. The molecule has 60 valence electrons. The van der Waals surface area contributed by atoms with Gasteiger partial charge < -0.3 is 9.84 Å². The van der Waals surface area contributed by atoms with E-state index >= 15 is 0 Å². The van der Waals surface area contributed by atoms with Gasteiger partial charge in [-0.2, -0.15) is 0 Å². The molecule has 0 atom stereocenters. The Morgan fingerprint density at radius 3 is 1.60 bits per heavy atom. The number of rotatable bonds is 0. The van der Waals surface area contributed by atoms with Crippen LogP contribution in [0.15, 0.2) is 0 Å². The van der Waals surface area contributed by atoms with Gasteiger partial charge in [-0.3, -0.25) is 4.79 Å². The van der Waals surface area contributed by atoms with E-state index in [0.29, 0.717) is 0 Å². The van der Waals surface area contributed by atoms with Gasteiger partial charge in [0.15, 0.2) is 0 Å². The monoisotopic (exact) mass is 146 g/mol. The van der Waals surface area contributed by atoms with Crippen molar-refractivity contribution < 1.29 is 14.6 Å². The van der Waals surface area contributed by atoms with Gasteiger partial charge in [-0.25, -0.2) is 0 Å². The summed E-state index contributed by atoms with van der Waals surface area (Å²) in [6.45, 7) is 6.99. The summed E-state index contributed by atoms with van der Waals surface area (Å²) in [5.41, 5.74) is -0.583. The molecule has 0 aromatic rings. The molecule has 1 fully saturated rings. The lowest BCUT2D eigenvalue weighted by Gasteiger charge is -2.08. The van der Waals surface area contributed by atoms with Crippen molar-refractivity contribution in [1.82, 2.24) is 0 Å². The molecular weight excluding hydrogens is 132 g/mol. The van der Waals surface area contributed by atoms with Gasteiger partial charge >= 0.3 is 5.97 Å². The van der Waals surface area contributed by atoms with E-state index < -0.39 is 11.4 Å². The van der Waals surface area contributed by atoms with Gasteiger partial charge in [0.25, 0.3) is 0 Å². The highest BCUT2D eigenvalue weighted by atomic mass is 16.6. The van der Waals surface area contributed by atoms with Crippen LogP contribution >= 0.6 is 0 Å². The number of carboxylic acids is 1. The zero-order valence-electron chi connectivity index (χ0n) is 6.68. The molecule has 0 bridgehead atoms. The van der Waals surface area contributed by atoms with Crippen LogP contribution in [0, 0.1) is 5.41 Å². The summed E-state index contributed by atoms with van der Waals surface area (Å²) in [6.07, 6.45) is 0. The smallest absolute Gasteiger partial charge is 0.308 e. The Bertz CT molecular complexity index is 108. The molecule has 1 rings (SSSR count). The van der Waals surface area contributed by atoms with Crippen molar-refractivity contribution in [3.05, 3.63) is 0 Å². The molecule has 1 aliphatic rings. The zero-order valence-corrected chi connectivity index (χ0v) is 6.68. The van der Waals surface area contributed by atoms with E-state index in [-0.39, 0.29) is 0 Å². The number of hydrogen-bond donors (Lipinski definition) is 1. The lowest BCUT2D eigenvalue weighted by atomic mass is 9.98. The number of epoxide rings is 1. The fourth-order valence-corrected chi connectivity index (χ4v) is 0. The Morgan fingerprint density at radius 1 is 1.40 bits per heavy atom. The average Bonchev–Trinajstić information content (AvgIpc) is 2.42. The summed E-state index contributed by atoms with van der Waals surface area (Å²) in [6, 6.07) is 0. The number of carbonyl (C=O) groups is 1. The second kappa shape index (κ2) is 3.56. The molecule has 0 unspecified atom stereocenters. The molecule has 0 aromatic carbocycles. The van der Waals surface area contributed by atoms with Crippen LogP contribution < -0.4 is 0 Å². The fourth-order valence-electron chi connectivity index (χ4n) is 0. The Hall–Kier alpha value is -0.570. The van der Waals surface area contributed by atoms with Crippen molar-refractivity contribution in [1.29, 1.82) is 0 Å². The molecule has 0 spiro atoms. The maximum absolute atomic E-state index is 10.0. The van der Waals surface area contributed by atoms with Crippen molar-refractivity contribution in [3.8, 4) is 0 Å². The normalized spacial score (nSPS) is 15.1. The predicted molar refractivity (Wildman–Crippen MR) is 37.9 cm³/mol. The highest BCUT2D eigenvalue weighted by molar-refractivity contribution is 5.72. The van der Waals surface area contributed by atoms with Crippen molar-refractivity contribution in [2.45, 2.75) is 20.8 Å². The molecule has 1 saturated heterocycles. The van der Waals surface area contributed by atoms with Crippen LogP contribution in [0.4, 0.5) is 0 Å². The van der Waals surface area contributed by atoms with E-state index in [0.717, 1.165) is 13.2 Å². The first kappa shape index (κ1) is 9.43. The lowest BCUT2D eigenvalue weighted by Crippen LogP contribution is -2.18. The summed E-state index contributed by atoms with van der Waals surface area (Å²) in [4.78, 5) is 10.0. The number of aliphatic carboxylic acids is 1. The highest BCUT2D eigenvalue weighted by Crippen LogP contribution is 2.11. The first-order valence-electron chi connectivity index (χ1n) is 3.26. The fraction of sp³-hybridized carbons (Fsp3) is 0.857. The Balaban J connectivity index is 0.000000219. The van der Waals surface area contributed by atoms with E-state index in [1.54, 1.807) is 20.8 Å². The molecular formula is C7H14O3. The van der Waals surface area contributed by atoms with Gasteiger partial charge in [-0.1, -0.05) is 0 Å². The topological polar surface area (TPSA) is 49.8 Å². The summed E-state index contributed by atoms with van der Waals surface area (Å²) >= 11 is 0. The summed E-state index contributed by atoms with van der Waals surface area (Å²) in [7, 11) is 0. The quantitative estimate of drug-likeness (QED) is 0.521. The Labute approximate surface area is 61.0 Å². The number of carboxylic acid groups (broad SMARTS) is 1. The maximum Gasteiger partial charge on any atom is 0.308 e. The summed E-state index contributed by atoms with van der Waals surface area (Å²) in [5.74, 6) is -0.757. The van der Waals surface area contributed by atoms with Crippen LogP contribution in [-0.2, 0) is 9.53 Å². The van der Waals surface area contributed by atoms with Crippen LogP contribution in [0.1, 0.15) is 20.8 Å². The van der Waals surface area contributed by atoms with Gasteiger partial charge in [-0.15, -0.1) is 0 Å². The zero-order chi connectivity index (χ0) is 8.20. The summed E-state index contributed by atoms with van der Waals surface area (Å²) in [5, 5.41) is 8.25. The van der Waals surface area contributed by atoms with E-state index in [4.69, 9.17) is 5.11 Å². The molecule has 3 heteroatoms. The van der Waals surface area contributed by atoms with E-state index in [1.165, 1.54) is 0 Å². The number of ether oxygens (including phenoxy) is 1. The molecule has 0 radical (unpaired) electrons. The first-order valence-corrected chi connectivity index (χ1v) is 3.26. The Kier molecular flexibility index (Phi) is 3.36. The molecule has 3 nitrogen and oxygen atoms in total. The van der Waals surface area contributed by atoms with Gasteiger partial charge in [-0.05, 0) is 20.8 Å². The third kappa shape index (κ3) is 7.43. The van der Waals surface area contributed by atoms with Crippen LogP contribution in [-0.4, -0.2) is 24.3 Å². The molecule has 0 amide bonds. The van der Waals surface area contributed by atoms with Gasteiger partial charge in [0.1, 0.15) is 0 Å². The summed E-state index contributed by atoms with van der Waals surface area (Å²) < 4.78 is 4.50. The van der Waals surface area contributed by atoms with Gasteiger partial charge in [0, 0.05) is 0 Å². The van der Waals surface area contributed by atoms with E-state index in [9.17, 15) is 4.79 Å². The molecule has 1 heterocycles. The van der Waals surface area contributed by atoms with Crippen molar-refractivity contribution in [2.24, 2.45) is 5.41 Å². The molecule has 0 saturated carbocycles. The third-order valence-electron chi connectivity index (χ3n) is 0.846. The largest absolute Gasteiger partial charge is 0.481 e. The van der Waals surface area contributed by atoms with Gasteiger partial charge in [0.05, 0.1) is 18.6 Å². The van der Waals surface area contributed by atoms with E-state index in [2.05, 4.69) is 4.74 Å². The second-order valence-corrected chi connectivity index (χ2v) is 3.17. The number of hydrogen-bond acceptors (Lipinski definition) is 2. The first-order chi connectivity index (χ1) is 4.44.